The number of hydrogen-bond donors (Lipinski definition) is 0. The highest BCUT2D eigenvalue weighted by Crippen LogP contribution is 2.08. The Bertz CT molecular complexity index is 353. The van der Waals surface area contributed by atoms with Gasteiger partial charge >= 0.3 is 0 Å². The number of hydrogen-bond acceptors (Lipinski definition) is 1. The fourth-order valence-electron chi connectivity index (χ4n) is 0.838. The molecule has 0 aromatic carbocycles. The summed E-state index contributed by atoms with van der Waals surface area (Å²) in [4.78, 5) is 3.94. The molecule has 0 spiro atoms. The van der Waals surface area contributed by atoms with Crippen LogP contribution in [-0.4, -0.2) is 9.38 Å². The van der Waals surface area contributed by atoms with Crippen molar-refractivity contribution in [2.24, 2.45) is 0 Å². The van der Waals surface area contributed by atoms with Gasteiger partial charge in [-0.25, -0.2) is 4.98 Å². The lowest BCUT2D eigenvalue weighted by Gasteiger charge is -1.91. The highest BCUT2D eigenvalue weighted by atomic mass is 35.5. The van der Waals surface area contributed by atoms with Gasteiger partial charge in [-0.3, -0.25) is 0 Å². The summed E-state index contributed by atoms with van der Waals surface area (Å²) < 4.78 is 1.82. The lowest BCUT2D eigenvalue weighted by molar-refractivity contribution is 1.19. The third kappa shape index (κ3) is 0.772. The van der Waals surface area contributed by atoms with Gasteiger partial charge < -0.3 is 4.40 Å². The van der Waals surface area contributed by atoms with Crippen LogP contribution in [0.15, 0.2) is 24.5 Å². The van der Waals surface area contributed by atoms with Crippen molar-refractivity contribution >= 4 is 17.2 Å². The molecule has 3 heteroatoms. The number of rotatable bonds is 0. The number of fused-ring (bicyclic) bond motifs is 1. The second-order valence-electron chi connectivity index (χ2n) is 1.98. The number of pyridine rings is 1. The van der Waals surface area contributed by atoms with E-state index in [9.17, 15) is 0 Å². The largest absolute Gasteiger partial charge is 0.305 e. The predicted octanol–water partition coefficient (Wildman–Crippen LogP) is 1.79. The van der Waals surface area contributed by atoms with E-state index in [0.717, 1.165) is 5.65 Å². The minimum absolute atomic E-state index is 0.707. The van der Waals surface area contributed by atoms with E-state index in [1.807, 2.05) is 10.5 Å². The monoisotopic (exact) mass is 151 g/mol. The number of halogens is 1. The molecular weight excluding hydrogens is 148 g/mol. The fraction of sp³-hybridized carbons (Fsp3) is 0. The quantitative estimate of drug-likeness (QED) is 0.561. The average Bonchev–Trinajstić information content (AvgIpc) is 2.33. The molecule has 2 nitrogen and oxygen atoms in total. The normalized spacial score (nSPS) is 10.5. The SMILES string of the molecule is Clc1ccc2n[c]cn2c1. The van der Waals surface area contributed by atoms with Gasteiger partial charge in [0.05, 0.1) is 5.02 Å². The molecule has 0 N–H and O–H groups in total. The maximum Gasteiger partial charge on any atom is 0.137 e. The van der Waals surface area contributed by atoms with E-state index in [0.29, 0.717) is 5.02 Å². The second-order valence-corrected chi connectivity index (χ2v) is 2.42. The third-order valence-electron chi connectivity index (χ3n) is 1.29. The van der Waals surface area contributed by atoms with Crippen LogP contribution in [0, 0.1) is 6.20 Å². The van der Waals surface area contributed by atoms with Crippen LogP contribution in [0.2, 0.25) is 5.02 Å². The fourth-order valence-corrected chi connectivity index (χ4v) is 1.01. The smallest absolute Gasteiger partial charge is 0.137 e. The molecule has 2 aromatic heterocycles. The molecule has 0 aliphatic rings. The van der Waals surface area contributed by atoms with Crippen LogP contribution in [-0.2, 0) is 0 Å². The Morgan fingerprint density at radius 2 is 2.40 bits per heavy atom. The van der Waals surface area contributed by atoms with Gasteiger partial charge in [-0.15, -0.1) is 0 Å². The highest BCUT2D eigenvalue weighted by molar-refractivity contribution is 6.30. The highest BCUT2D eigenvalue weighted by Gasteiger charge is 1.91. The number of imidazole rings is 1. The Morgan fingerprint density at radius 3 is 3.30 bits per heavy atom. The first-order valence-corrected chi connectivity index (χ1v) is 3.24. The van der Waals surface area contributed by atoms with Gasteiger partial charge in [-0.05, 0) is 12.1 Å². The summed E-state index contributed by atoms with van der Waals surface area (Å²) >= 11 is 5.71. The first-order valence-electron chi connectivity index (χ1n) is 2.86. The van der Waals surface area contributed by atoms with E-state index in [4.69, 9.17) is 11.6 Å². The average molecular weight is 152 g/mol. The van der Waals surface area contributed by atoms with Crippen LogP contribution in [0.25, 0.3) is 5.65 Å². The molecule has 0 fully saturated rings. The molecule has 2 heterocycles. The summed E-state index contributed by atoms with van der Waals surface area (Å²) in [6, 6.07) is 3.65. The van der Waals surface area contributed by atoms with Crippen LogP contribution in [0.1, 0.15) is 0 Å². The van der Waals surface area contributed by atoms with Gasteiger partial charge in [0.15, 0.2) is 0 Å². The summed E-state index contributed by atoms with van der Waals surface area (Å²) in [6.45, 7) is 0. The van der Waals surface area contributed by atoms with E-state index in [1.54, 1.807) is 18.5 Å². The van der Waals surface area contributed by atoms with Crippen molar-refractivity contribution in [2.75, 3.05) is 0 Å². The van der Waals surface area contributed by atoms with Crippen molar-refractivity contribution in [1.29, 1.82) is 0 Å². The Balaban J connectivity index is 2.86. The minimum atomic E-state index is 0.707. The van der Waals surface area contributed by atoms with E-state index in [1.165, 1.54) is 0 Å². The van der Waals surface area contributed by atoms with Crippen molar-refractivity contribution in [3.63, 3.8) is 0 Å². The van der Waals surface area contributed by atoms with E-state index < -0.39 is 0 Å². The molecule has 1 radical (unpaired) electrons. The topological polar surface area (TPSA) is 17.3 Å². The zero-order valence-corrected chi connectivity index (χ0v) is 5.84. The van der Waals surface area contributed by atoms with Gasteiger partial charge in [0.25, 0.3) is 0 Å². The first-order chi connectivity index (χ1) is 4.86. The Hall–Kier alpha value is -1.02. The van der Waals surface area contributed by atoms with E-state index in [-0.39, 0.29) is 0 Å². The van der Waals surface area contributed by atoms with Crippen molar-refractivity contribution in [2.45, 2.75) is 0 Å². The number of nitrogens with zero attached hydrogens (tertiary/aromatic N) is 2. The second kappa shape index (κ2) is 1.99. The van der Waals surface area contributed by atoms with Crippen LogP contribution >= 0.6 is 11.6 Å². The number of aromatic nitrogens is 2. The van der Waals surface area contributed by atoms with Crippen LogP contribution in [0.4, 0.5) is 0 Å². The Morgan fingerprint density at radius 1 is 1.50 bits per heavy atom. The Labute approximate surface area is 63.1 Å². The van der Waals surface area contributed by atoms with Gasteiger partial charge in [-0.2, -0.15) is 0 Å². The third-order valence-corrected chi connectivity index (χ3v) is 1.52. The van der Waals surface area contributed by atoms with Crippen LogP contribution in [0.3, 0.4) is 0 Å². The maximum atomic E-state index is 5.71. The summed E-state index contributed by atoms with van der Waals surface area (Å²) in [5.74, 6) is 0. The molecule has 0 aliphatic carbocycles. The molecule has 0 saturated heterocycles. The lowest BCUT2D eigenvalue weighted by atomic mass is 10.5. The standard InChI is InChI=1S/C7H4ClN2/c8-6-1-2-7-9-3-4-10(7)5-6/h1-2,4-5H. The van der Waals surface area contributed by atoms with Crippen molar-refractivity contribution in [3.05, 3.63) is 35.7 Å². The van der Waals surface area contributed by atoms with Crippen LogP contribution < -0.4 is 0 Å². The molecule has 10 heavy (non-hydrogen) atoms. The molecule has 49 valence electrons. The molecule has 0 atom stereocenters. The van der Waals surface area contributed by atoms with Gasteiger partial charge in [0.2, 0.25) is 0 Å². The van der Waals surface area contributed by atoms with Gasteiger partial charge in [-0.1, -0.05) is 11.6 Å². The van der Waals surface area contributed by atoms with E-state index in [2.05, 4.69) is 11.2 Å². The summed E-state index contributed by atoms with van der Waals surface area (Å²) in [6.07, 6.45) is 6.25. The molecule has 2 aromatic rings. The maximum absolute atomic E-state index is 5.71. The van der Waals surface area contributed by atoms with Crippen molar-refractivity contribution < 1.29 is 0 Å². The molecule has 0 bridgehead atoms. The molecule has 0 saturated carbocycles. The van der Waals surface area contributed by atoms with Crippen molar-refractivity contribution in [1.82, 2.24) is 9.38 Å². The van der Waals surface area contributed by atoms with Gasteiger partial charge in [0, 0.05) is 12.4 Å². The summed E-state index contributed by atoms with van der Waals surface area (Å²) in [7, 11) is 0. The predicted molar refractivity (Wildman–Crippen MR) is 39.0 cm³/mol. The Kier molecular flexibility index (Phi) is 1.14. The molecule has 0 amide bonds. The zero-order valence-electron chi connectivity index (χ0n) is 5.08. The minimum Gasteiger partial charge on any atom is -0.305 e. The van der Waals surface area contributed by atoms with Gasteiger partial charge in [0.1, 0.15) is 11.8 Å². The summed E-state index contributed by atoms with van der Waals surface area (Å²) in [5.41, 5.74) is 0.865. The van der Waals surface area contributed by atoms with Crippen LogP contribution in [0.5, 0.6) is 0 Å². The molecule has 2 rings (SSSR count). The molecular formula is C7H4ClN2. The van der Waals surface area contributed by atoms with Crippen molar-refractivity contribution in [3.8, 4) is 0 Å². The zero-order chi connectivity index (χ0) is 6.97. The molecule has 0 aliphatic heterocycles. The lowest BCUT2D eigenvalue weighted by Crippen LogP contribution is -1.79. The molecule has 0 unspecified atom stereocenters. The first kappa shape index (κ1) is 5.74. The van der Waals surface area contributed by atoms with E-state index >= 15 is 0 Å². The summed E-state index contributed by atoms with van der Waals surface area (Å²) in [5, 5.41) is 0.707.